The molecule has 1 heterocycles. The third-order valence-electron chi connectivity index (χ3n) is 3.83. The van der Waals surface area contributed by atoms with Gasteiger partial charge in [0.25, 0.3) is 0 Å². The minimum atomic E-state index is -0.384. The number of carbonyl (C=O) groups excluding carboxylic acids is 1. The smallest absolute Gasteiger partial charge is 0.189 e. The third kappa shape index (κ3) is 3.82. The normalized spacial score (nSPS) is 23.1. The second-order valence-electron chi connectivity index (χ2n) is 5.22. The molecule has 4 nitrogen and oxygen atoms in total. The predicted octanol–water partition coefficient (Wildman–Crippen LogP) is 1.96. The second-order valence-corrected chi connectivity index (χ2v) is 5.22. The zero-order chi connectivity index (χ0) is 15.2. The Morgan fingerprint density at radius 1 is 1.24 bits per heavy atom. The zero-order valence-electron chi connectivity index (χ0n) is 12.1. The third-order valence-corrected chi connectivity index (χ3v) is 3.83. The lowest BCUT2D eigenvalue weighted by molar-refractivity contribution is 0.104. The van der Waals surface area contributed by atoms with Crippen molar-refractivity contribution in [3.63, 3.8) is 0 Å². The van der Waals surface area contributed by atoms with Gasteiger partial charge in [-0.05, 0) is 25.0 Å². The van der Waals surface area contributed by atoms with Gasteiger partial charge in [-0.25, -0.2) is 4.39 Å². The summed E-state index contributed by atoms with van der Waals surface area (Å²) in [6.07, 6.45) is 6.29. The van der Waals surface area contributed by atoms with Crippen LogP contribution in [0.1, 0.15) is 36.0 Å². The molecule has 0 aromatic heterocycles. The molecule has 1 aromatic rings. The summed E-state index contributed by atoms with van der Waals surface area (Å²) in [6, 6.07) is 6.65. The summed E-state index contributed by atoms with van der Waals surface area (Å²) in [7, 11) is 1.00. The van der Waals surface area contributed by atoms with Crippen LogP contribution in [0, 0.1) is 5.82 Å². The summed E-state index contributed by atoms with van der Waals surface area (Å²) < 4.78 is 13.1. The summed E-state index contributed by atoms with van der Waals surface area (Å²) in [4.78, 5) is 12.0. The lowest BCUT2D eigenvalue weighted by atomic mass is 9.92. The molecular formula is C16H21FN2O2. The van der Waals surface area contributed by atoms with Gasteiger partial charge in [0.2, 0.25) is 0 Å². The maximum absolute atomic E-state index is 13.1. The summed E-state index contributed by atoms with van der Waals surface area (Å²) in [6.45, 7) is 0. The van der Waals surface area contributed by atoms with E-state index in [9.17, 15) is 9.18 Å². The standard InChI is InChI=1S/C15H17FN2O.CH4O/c16-11-5-3-4-10(8-11)14(19)9-15-17-12-6-1-2-7-13(12)18-15;1-2/h3-5,8-9,12-13,17-18H,1-2,6-7H2;2H,1H3/t12-,13-;/m1./s1. The Morgan fingerprint density at radius 2 is 1.86 bits per heavy atom. The number of aliphatic hydroxyl groups excluding tert-OH is 1. The van der Waals surface area contributed by atoms with E-state index in [-0.39, 0.29) is 11.6 Å². The molecule has 0 amide bonds. The van der Waals surface area contributed by atoms with E-state index in [1.54, 1.807) is 12.1 Å². The number of aliphatic hydroxyl groups is 1. The quantitative estimate of drug-likeness (QED) is 0.576. The zero-order valence-corrected chi connectivity index (χ0v) is 12.1. The van der Waals surface area contributed by atoms with E-state index in [0.29, 0.717) is 17.6 Å². The Hall–Kier alpha value is -1.88. The lowest BCUT2D eigenvalue weighted by Crippen LogP contribution is -2.36. The van der Waals surface area contributed by atoms with Gasteiger partial charge in [-0.1, -0.05) is 25.0 Å². The Balaban J connectivity index is 0.000000774. The van der Waals surface area contributed by atoms with E-state index in [2.05, 4.69) is 10.6 Å². The van der Waals surface area contributed by atoms with Gasteiger partial charge in [-0.2, -0.15) is 0 Å². The molecule has 21 heavy (non-hydrogen) atoms. The van der Waals surface area contributed by atoms with Gasteiger partial charge in [-0.15, -0.1) is 0 Å². The maximum Gasteiger partial charge on any atom is 0.189 e. The number of hydrogen-bond donors (Lipinski definition) is 3. The number of fused-ring (bicyclic) bond motifs is 1. The van der Waals surface area contributed by atoms with E-state index in [4.69, 9.17) is 5.11 Å². The molecule has 2 fully saturated rings. The predicted molar refractivity (Wildman–Crippen MR) is 79.3 cm³/mol. The molecule has 1 aliphatic carbocycles. The number of nitrogens with one attached hydrogen (secondary N) is 2. The summed E-state index contributed by atoms with van der Waals surface area (Å²) >= 11 is 0. The summed E-state index contributed by atoms with van der Waals surface area (Å²) in [5.74, 6) is 0.213. The first-order valence-corrected chi connectivity index (χ1v) is 7.22. The number of allylic oxidation sites excluding steroid dienone is 1. The molecule has 2 atom stereocenters. The van der Waals surface area contributed by atoms with Crippen molar-refractivity contribution in [1.82, 2.24) is 10.6 Å². The van der Waals surface area contributed by atoms with Crippen LogP contribution in [0.4, 0.5) is 4.39 Å². The van der Waals surface area contributed by atoms with E-state index in [0.717, 1.165) is 25.8 Å². The molecule has 3 rings (SSSR count). The Kier molecular flexibility index (Phi) is 5.33. The van der Waals surface area contributed by atoms with Gasteiger partial charge >= 0.3 is 0 Å². The average Bonchev–Trinajstić information content (AvgIpc) is 2.91. The van der Waals surface area contributed by atoms with Crippen LogP contribution < -0.4 is 10.6 Å². The second kappa shape index (κ2) is 7.22. The molecular weight excluding hydrogens is 271 g/mol. The highest BCUT2D eigenvalue weighted by molar-refractivity contribution is 6.04. The molecule has 1 saturated heterocycles. The highest BCUT2D eigenvalue weighted by Gasteiger charge is 2.31. The van der Waals surface area contributed by atoms with Crippen molar-refractivity contribution in [2.24, 2.45) is 0 Å². The van der Waals surface area contributed by atoms with Crippen LogP contribution >= 0.6 is 0 Å². The highest BCUT2D eigenvalue weighted by atomic mass is 19.1. The van der Waals surface area contributed by atoms with Crippen LogP contribution in [0.3, 0.4) is 0 Å². The fourth-order valence-corrected chi connectivity index (χ4v) is 2.86. The van der Waals surface area contributed by atoms with Gasteiger partial charge < -0.3 is 15.7 Å². The van der Waals surface area contributed by atoms with Crippen LogP contribution in [0.5, 0.6) is 0 Å². The maximum atomic E-state index is 13.1. The molecule has 0 spiro atoms. The van der Waals surface area contributed by atoms with Crippen LogP contribution in [-0.4, -0.2) is 30.1 Å². The van der Waals surface area contributed by atoms with Crippen molar-refractivity contribution in [2.45, 2.75) is 37.8 Å². The van der Waals surface area contributed by atoms with Gasteiger partial charge in [0.1, 0.15) is 11.6 Å². The van der Waals surface area contributed by atoms with Gasteiger partial charge in [0.15, 0.2) is 5.78 Å². The molecule has 1 saturated carbocycles. The van der Waals surface area contributed by atoms with E-state index < -0.39 is 0 Å². The molecule has 0 radical (unpaired) electrons. The monoisotopic (exact) mass is 292 g/mol. The number of ketones is 1. The van der Waals surface area contributed by atoms with Crippen LogP contribution in [0.15, 0.2) is 36.2 Å². The molecule has 1 aliphatic heterocycles. The van der Waals surface area contributed by atoms with Crippen LogP contribution in [0.25, 0.3) is 0 Å². The number of rotatable bonds is 2. The number of hydrogen-bond acceptors (Lipinski definition) is 4. The number of benzene rings is 1. The largest absolute Gasteiger partial charge is 0.400 e. The molecule has 1 aromatic carbocycles. The summed E-state index contributed by atoms with van der Waals surface area (Å²) in [5, 5.41) is 13.7. The topological polar surface area (TPSA) is 61.4 Å². The van der Waals surface area contributed by atoms with Crippen LogP contribution in [-0.2, 0) is 0 Å². The van der Waals surface area contributed by atoms with Crippen molar-refractivity contribution < 1.29 is 14.3 Å². The first-order valence-electron chi connectivity index (χ1n) is 7.22. The highest BCUT2D eigenvalue weighted by Crippen LogP contribution is 2.23. The number of halogens is 1. The first kappa shape index (κ1) is 15.5. The van der Waals surface area contributed by atoms with Gasteiger partial charge in [-0.3, -0.25) is 4.79 Å². The van der Waals surface area contributed by atoms with Crippen molar-refractivity contribution in [3.05, 3.63) is 47.5 Å². The minimum absolute atomic E-state index is 0.173. The molecule has 2 aliphatic rings. The van der Waals surface area contributed by atoms with E-state index >= 15 is 0 Å². The molecule has 0 bridgehead atoms. The van der Waals surface area contributed by atoms with E-state index in [1.807, 2.05) is 0 Å². The molecule has 114 valence electrons. The van der Waals surface area contributed by atoms with Crippen molar-refractivity contribution >= 4 is 5.78 Å². The SMILES string of the molecule is CO.O=C(C=C1N[C@@H]2CCCC[C@H]2N1)c1cccc(F)c1. The fourth-order valence-electron chi connectivity index (χ4n) is 2.86. The molecule has 3 N–H and O–H groups in total. The van der Waals surface area contributed by atoms with Gasteiger partial charge in [0, 0.05) is 30.8 Å². The van der Waals surface area contributed by atoms with Crippen molar-refractivity contribution in [3.8, 4) is 0 Å². The van der Waals surface area contributed by atoms with Crippen molar-refractivity contribution in [2.75, 3.05) is 7.11 Å². The molecule has 5 heteroatoms. The average molecular weight is 292 g/mol. The summed E-state index contributed by atoms with van der Waals surface area (Å²) in [5.41, 5.74) is 0.381. The Bertz CT molecular complexity index is 515. The molecule has 0 unspecified atom stereocenters. The van der Waals surface area contributed by atoms with Crippen LogP contribution in [0.2, 0.25) is 0 Å². The number of carbonyl (C=O) groups is 1. The van der Waals surface area contributed by atoms with Crippen molar-refractivity contribution in [1.29, 1.82) is 0 Å². The minimum Gasteiger partial charge on any atom is -0.400 e. The van der Waals surface area contributed by atoms with Gasteiger partial charge in [0.05, 0.1) is 0 Å². The van der Waals surface area contributed by atoms with E-state index in [1.165, 1.54) is 31.1 Å². The fraction of sp³-hybridized carbons (Fsp3) is 0.438. The Labute approximate surface area is 124 Å². The first-order chi connectivity index (χ1) is 10.2. The lowest BCUT2D eigenvalue weighted by Gasteiger charge is -2.23. The Morgan fingerprint density at radius 3 is 2.43 bits per heavy atom.